The first-order valence-electron chi connectivity index (χ1n) is 10.1. The van der Waals surface area contributed by atoms with Crippen molar-refractivity contribution < 1.29 is 14.3 Å². The monoisotopic (exact) mass is 455 g/mol. The van der Waals surface area contributed by atoms with Crippen LogP contribution in [0.1, 0.15) is 23.2 Å². The van der Waals surface area contributed by atoms with Gasteiger partial charge in [-0.3, -0.25) is 4.79 Å². The second-order valence-corrected chi connectivity index (χ2v) is 7.70. The maximum absolute atomic E-state index is 13.1. The number of aromatic nitrogens is 4. The van der Waals surface area contributed by atoms with Crippen molar-refractivity contribution in [3.8, 4) is 11.4 Å². The topological polar surface area (TPSA) is 114 Å². The van der Waals surface area contributed by atoms with Crippen LogP contribution in [0.2, 0.25) is 5.02 Å². The normalized spacial score (nSPS) is 14.1. The van der Waals surface area contributed by atoms with E-state index in [1.807, 2.05) is 30.3 Å². The number of anilines is 1. The number of urea groups is 1. The van der Waals surface area contributed by atoms with Crippen LogP contribution in [0, 0.1) is 0 Å². The Morgan fingerprint density at radius 2 is 1.91 bits per heavy atom. The maximum atomic E-state index is 13.1. The van der Waals surface area contributed by atoms with E-state index in [-0.39, 0.29) is 18.0 Å². The predicted octanol–water partition coefficient (Wildman–Crippen LogP) is 2.75. The number of benzene rings is 2. The van der Waals surface area contributed by atoms with Crippen molar-refractivity contribution in [1.29, 1.82) is 0 Å². The Labute approximate surface area is 189 Å². The summed E-state index contributed by atoms with van der Waals surface area (Å²) in [5.41, 5.74) is 1.60. The van der Waals surface area contributed by atoms with E-state index in [2.05, 4.69) is 26.2 Å². The maximum Gasteiger partial charge on any atom is 0.319 e. The lowest BCUT2D eigenvalue weighted by molar-refractivity contribution is 0.0705. The Morgan fingerprint density at radius 1 is 1.16 bits per heavy atom. The van der Waals surface area contributed by atoms with E-state index >= 15 is 0 Å². The molecule has 2 heterocycles. The average molecular weight is 456 g/mol. The molecular weight excluding hydrogens is 434 g/mol. The molecule has 0 unspecified atom stereocenters. The molecule has 1 aliphatic rings. The van der Waals surface area contributed by atoms with Gasteiger partial charge in [-0.25, -0.2) is 4.79 Å². The summed E-state index contributed by atoms with van der Waals surface area (Å²) >= 11 is 6.38. The molecule has 10 nitrogen and oxygen atoms in total. The fraction of sp³-hybridized carbons (Fsp3) is 0.286. The minimum Gasteiger partial charge on any atom is -0.496 e. The van der Waals surface area contributed by atoms with Crippen LogP contribution in [0.15, 0.2) is 48.8 Å². The number of methoxy groups -OCH3 is 1. The highest BCUT2D eigenvalue weighted by atomic mass is 35.5. The Kier molecular flexibility index (Phi) is 6.50. The molecule has 2 N–H and O–H groups in total. The van der Waals surface area contributed by atoms with E-state index in [9.17, 15) is 9.59 Å². The van der Waals surface area contributed by atoms with Gasteiger partial charge in [-0.05, 0) is 41.5 Å². The largest absolute Gasteiger partial charge is 0.496 e. The number of carbonyl (C=O) groups is 2. The number of piperidine rings is 1. The van der Waals surface area contributed by atoms with E-state index in [1.54, 1.807) is 17.0 Å². The van der Waals surface area contributed by atoms with Crippen LogP contribution in [-0.2, 0) is 0 Å². The highest BCUT2D eigenvalue weighted by Gasteiger charge is 2.27. The summed E-state index contributed by atoms with van der Waals surface area (Å²) in [6.45, 7) is 1.01. The van der Waals surface area contributed by atoms with Gasteiger partial charge in [-0.1, -0.05) is 29.8 Å². The summed E-state index contributed by atoms with van der Waals surface area (Å²) in [7, 11) is 1.49. The number of nitrogens with zero attached hydrogens (tertiary/aromatic N) is 5. The molecule has 2 aromatic carbocycles. The van der Waals surface area contributed by atoms with Crippen molar-refractivity contribution in [2.45, 2.75) is 18.9 Å². The second kappa shape index (κ2) is 9.65. The average Bonchev–Trinajstić information content (AvgIpc) is 3.34. The van der Waals surface area contributed by atoms with Crippen LogP contribution in [0.3, 0.4) is 0 Å². The molecule has 1 fully saturated rings. The number of amides is 3. The predicted molar refractivity (Wildman–Crippen MR) is 118 cm³/mol. The van der Waals surface area contributed by atoms with Crippen LogP contribution in [-0.4, -0.2) is 63.3 Å². The van der Waals surface area contributed by atoms with Crippen LogP contribution < -0.4 is 15.4 Å². The number of halogens is 1. The molecule has 0 bridgehead atoms. The number of ether oxygens (including phenoxy) is 1. The molecule has 0 spiro atoms. The number of hydrogen-bond donors (Lipinski definition) is 2. The zero-order chi connectivity index (χ0) is 22.5. The van der Waals surface area contributed by atoms with Crippen molar-refractivity contribution in [1.82, 2.24) is 30.4 Å². The third-order valence-corrected chi connectivity index (χ3v) is 5.55. The molecule has 1 aromatic heterocycles. The van der Waals surface area contributed by atoms with Crippen molar-refractivity contribution in [3.63, 3.8) is 0 Å². The van der Waals surface area contributed by atoms with Gasteiger partial charge in [0.25, 0.3) is 5.91 Å². The number of carbonyl (C=O) groups excluding carboxylic acids is 2. The first-order chi connectivity index (χ1) is 15.5. The number of hydrogen-bond acceptors (Lipinski definition) is 6. The molecule has 3 amide bonds. The molecular formula is C21H22ClN7O3. The quantitative estimate of drug-likeness (QED) is 0.611. The second-order valence-electron chi connectivity index (χ2n) is 7.29. The van der Waals surface area contributed by atoms with E-state index in [0.29, 0.717) is 48.0 Å². The van der Waals surface area contributed by atoms with Crippen molar-refractivity contribution >= 4 is 29.2 Å². The highest BCUT2D eigenvalue weighted by molar-refractivity contribution is 6.33. The third-order valence-electron chi connectivity index (χ3n) is 5.24. The lowest BCUT2D eigenvalue weighted by Crippen LogP contribution is -2.47. The lowest BCUT2D eigenvalue weighted by Gasteiger charge is -2.32. The Hall–Kier alpha value is -3.66. The smallest absolute Gasteiger partial charge is 0.319 e. The van der Waals surface area contributed by atoms with Crippen molar-refractivity contribution in [2.24, 2.45) is 0 Å². The van der Waals surface area contributed by atoms with Crippen LogP contribution >= 0.6 is 11.6 Å². The van der Waals surface area contributed by atoms with Gasteiger partial charge in [-0.15, -0.1) is 5.10 Å². The molecule has 32 heavy (non-hydrogen) atoms. The van der Waals surface area contributed by atoms with E-state index < -0.39 is 0 Å². The Balaban J connectivity index is 1.38. The zero-order valence-electron chi connectivity index (χ0n) is 17.4. The van der Waals surface area contributed by atoms with Crippen LogP contribution in [0.25, 0.3) is 5.69 Å². The first-order valence-corrected chi connectivity index (χ1v) is 10.5. The summed E-state index contributed by atoms with van der Waals surface area (Å²) in [6, 6.07) is 12.2. The van der Waals surface area contributed by atoms with Gasteiger partial charge >= 0.3 is 6.03 Å². The molecule has 1 saturated heterocycles. The fourth-order valence-electron chi connectivity index (χ4n) is 3.60. The van der Waals surface area contributed by atoms with Crippen molar-refractivity contribution in [3.05, 3.63) is 59.4 Å². The highest BCUT2D eigenvalue weighted by Crippen LogP contribution is 2.30. The van der Waals surface area contributed by atoms with E-state index in [0.717, 1.165) is 5.69 Å². The summed E-state index contributed by atoms with van der Waals surface area (Å²) in [5.74, 6) is 0.201. The molecule has 3 aromatic rings. The zero-order valence-corrected chi connectivity index (χ0v) is 18.1. The van der Waals surface area contributed by atoms with E-state index in [1.165, 1.54) is 18.1 Å². The number of rotatable bonds is 5. The summed E-state index contributed by atoms with van der Waals surface area (Å²) in [5, 5.41) is 17.1. The van der Waals surface area contributed by atoms with Gasteiger partial charge < -0.3 is 20.3 Å². The summed E-state index contributed by atoms with van der Waals surface area (Å²) in [4.78, 5) is 27.1. The third kappa shape index (κ3) is 4.80. The number of likely N-dealkylation sites (tertiary alicyclic amines) is 1. The molecule has 0 aliphatic carbocycles. The molecule has 4 rings (SSSR count). The molecule has 11 heteroatoms. The number of para-hydroxylation sites is 1. The standard InChI is InChI=1S/C21H22ClN7O3/c1-32-19-12-18(29-13-23-26-27-29)17(22)11-16(19)20(30)28-9-7-15(8-10-28)25-21(31)24-14-5-3-2-4-6-14/h2-6,11-13,15H,7-10H2,1H3,(H2,24,25,31). The Morgan fingerprint density at radius 3 is 2.56 bits per heavy atom. The summed E-state index contributed by atoms with van der Waals surface area (Å²) < 4.78 is 6.83. The van der Waals surface area contributed by atoms with Gasteiger partial charge in [0.15, 0.2) is 0 Å². The summed E-state index contributed by atoms with van der Waals surface area (Å²) in [6.07, 6.45) is 2.70. The Bertz CT molecular complexity index is 1080. The van der Waals surface area contributed by atoms with Gasteiger partial charge in [0, 0.05) is 30.9 Å². The lowest BCUT2D eigenvalue weighted by atomic mass is 10.0. The van der Waals surface area contributed by atoms with Crippen molar-refractivity contribution in [2.75, 3.05) is 25.5 Å². The van der Waals surface area contributed by atoms with Crippen LogP contribution in [0.5, 0.6) is 5.75 Å². The molecule has 0 saturated carbocycles. The van der Waals surface area contributed by atoms with Gasteiger partial charge in [0.2, 0.25) is 0 Å². The van der Waals surface area contributed by atoms with Gasteiger partial charge in [0.05, 0.1) is 23.4 Å². The molecule has 166 valence electrons. The fourth-order valence-corrected chi connectivity index (χ4v) is 3.85. The minimum atomic E-state index is -0.257. The molecule has 0 radical (unpaired) electrons. The molecule has 0 atom stereocenters. The SMILES string of the molecule is COc1cc(-n2cnnn2)c(Cl)cc1C(=O)N1CCC(NC(=O)Nc2ccccc2)CC1. The van der Waals surface area contributed by atoms with E-state index in [4.69, 9.17) is 16.3 Å². The minimum absolute atomic E-state index is 0.0181. The number of tetrazole rings is 1. The first kappa shape index (κ1) is 21.6. The van der Waals surface area contributed by atoms with Gasteiger partial charge in [-0.2, -0.15) is 4.68 Å². The van der Waals surface area contributed by atoms with Crippen LogP contribution in [0.4, 0.5) is 10.5 Å². The van der Waals surface area contributed by atoms with Gasteiger partial charge in [0.1, 0.15) is 12.1 Å². The number of nitrogens with one attached hydrogen (secondary N) is 2. The molecule has 1 aliphatic heterocycles.